The van der Waals surface area contributed by atoms with Crippen molar-refractivity contribution in [3.8, 4) is 11.1 Å². The van der Waals surface area contributed by atoms with Gasteiger partial charge in [-0.15, -0.1) is 0 Å². The van der Waals surface area contributed by atoms with Crippen LogP contribution < -0.4 is 0 Å². The molecule has 2 aliphatic carbocycles. The Bertz CT molecular complexity index is 1550. The zero-order valence-electron chi connectivity index (χ0n) is 21.8. The summed E-state index contributed by atoms with van der Waals surface area (Å²) in [6, 6.07) is 14.4. The van der Waals surface area contributed by atoms with Gasteiger partial charge in [0.05, 0.1) is 41.5 Å². The number of ether oxygens (including phenoxy) is 3. The molecule has 0 radical (unpaired) electrons. The van der Waals surface area contributed by atoms with E-state index in [0.717, 1.165) is 51.3 Å². The standard InChI is InChI=1S/C29H31N3O5S/c1-35-26-15-22(16-28(36-2)19-29(26,28)37-3)25-17-30-24-6-4-5-23(27(24)31-25)21-9-7-20(8-10-21)18-32-11-13-38(33,34)14-12-32/h4-10,15-17H,11-14,18-19H2,1-3H3. The van der Waals surface area contributed by atoms with Crippen molar-refractivity contribution in [3.63, 3.8) is 0 Å². The van der Waals surface area contributed by atoms with E-state index in [1.807, 2.05) is 18.2 Å². The lowest BCUT2D eigenvalue weighted by Crippen LogP contribution is -2.39. The van der Waals surface area contributed by atoms with Gasteiger partial charge < -0.3 is 14.2 Å². The average molecular weight is 534 g/mol. The fourth-order valence-electron chi connectivity index (χ4n) is 5.71. The second kappa shape index (κ2) is 9.27. The Labute approximate surface area is 222 Å². The molecule has 0 amide bonds. The first kappa shape index (κ1) is 25.2. The summed E-state index contributed by atoms with van der Waals surface area (Å²) in [7, 11) is 2.13. The number of hydrogen-bond donors (Lipinski definition) is 0. The van der Waals surface area contributed by atoms with Gasteiger partial charge in [0.2, 0.25) is 0 Å². The normalized spacial score (nSPS) is 26.4. The maximum absolute atomic E-state index is 11.7. The van der Waals surface area contributed by atoms with Crippen LogP contribution in [0.25, 0.3) is 27.7 Å². The Balaban J connectivity index is 1.31. The van der Waals surface area contributed by atoms with Gasteiger partial charge in [-0.1, -0.05) is 36.4 Å². The summed E-state index contributed by atoms with van der Waals surface area (Å²) in [6.45, 7) is 1.90. The third-order valence-corrected chi connectivity index (χ3v) is 9.66. The van der Waals surface area contributed by atoms with E-state index in [4.69, 9.17) is 24.2 Å². The smallest absolute Gasteiger partial charge is 0.160 e. The maximum Gasteiger partial charge on any atom is 0.160 e. The molecule has 1 aromatic heterocycles. The van der Waals surface area contributed by atoms with Crippen molar-refractivity contribution in [1.82, 2.24) is 14.9 Å². The number of aromatic nitrogens is 2. The highest BCUT2D eigenvalue weighted by atomic mass is 32.2. The molecule has 2 heterocycles. The zero-order valence-corrected chi connectivity index (χ0v) is 22.6. The van der Waals surface area contributed by atoms with Crippen LogP contribution in [0.2, 0.25) is 0 Å². The highest BCUT2D eigenvalue weighted by Gasteiger charge is 2.73. The fraction of sp³-hybridized carbons (Fsp3) is 0.379. The first-order valence-corrected chi connectivity index (χ1v) is 14.5. The van der Waals surface area contributed by atoms with Gasteiger partial charge in [0, 0.05) is 51.4 Å². The van der Waals surface area contributed by atoms with Crippen LogP contribution in [-0.2, 0) is 30.6 Å². The predicted molar refractivity (Wildman–Crippen MR) is 146 cm³/mol. The Hall–Kier alpha value is -3.11. The van der Waals surface area contributed by atoms with Crippen LogP contribution >= 0.6 is 0 Å². The van der Waals surface area contributed by atoms with E-state index in [1.165, 1.54) is 0 Å². The molecule has 9 heteroatoms. The molecule has 3 aromatic rings. The molecule has 0 bridgehead atoms. The van der Waals surface area contributed by atoms with Gasteiger partial charge >= 0.3 is 0 Å². The number of nitrogens with zero attached hydrogens (tertiary/aromatic N) is 3. The Kier molecular flexibility index (Phi) is 6.14. The van der Waals surface area contributed by atoms with Crippen molar-refractivity contribution in [2.75, 3.05) is 45.9 Å². The highest BCUT2D eigenvalue weighted by Crippen LogP contribution is 2.61. The Morgan fingerprint density at radius 2 is 1.76 bits per heavy atom. The van der Waals surface area contributed by atoms with Gasteiger partial charge in [-0.2, -0.15) is 0 Å². The molecule has 2 fully saturated rings. The van der Waals surface area contributed by atoms with E-state index >= 15 is 0 Å². The molecular formula is C29H31N3O5S. The molecule has 8 nitrogen and oxygen atoms in total. The predicted octanol–water partition coefficient (Wildman–Crippen LogP) is 3.63. The number of rotatable bonds is 7. The monoisotopic (exact) mass is 533 g/mol. The SMILES string of the molecule is COC1=CC(c2cnc3cccc(-c4ccc(CN5CCS(=O)(=O)CC5)cc4)c3n2)=CC2(OC)CC12OC. The maximum atomic E-state index is 11.7. The van der Waals surface area contributed by atoms with Crippen LogP contribution in [0, 0.1) is 0 Å². The molecule has 198 valence electrons. The van der Waals surface area contributed by atoms with Crippen LogP contribution in [0.15, 0.2) is 66.6 Å². The van der Waals surface area contributed by atoms with E-state index in [-0.39, 0.29) is 11.5 Å². The largest absolute Gasteiger partial charge is 0.498 e. The van der Waals surface area contributed by atoms with E-state index in [0.29, 0.717) is 19.5 Å². The number of fused-ring (bicyclic) bond motifs is 2. The molecular weight excluding hydrogens is 502 g/mol. The third-order valence-electron chi connectivity index (χ3n) is 8.05. The quantitative estimate of drug-likeness (QED) is 0.455. The molecule has 0 spiro atoms. The minimum absolute atomic E-state index is 0.234. The van der Waals surface area contributed by atoms with Crippen molar-refractivity contribution in [1.29, 1.82) is 0 Å². The topological polar surface area (TPSA) is 90.9 Å². The molecule has 0 N–H and O–H groups in total. The number of sulfone groups is 1. The number of allylic oxidation sites excluding steroid dienone is 2. The molecule has 2 unspecified atom stereocenters. The van der Waals surface area contributed by atoms with E-state index in [9.17, 15) is 8.42 Å². The lowest BCUT2D eigenvalue weighted by Gasteiger charge is -2.27. The Morgan fingerprint density at radius 3 is 2.45 bits per heavy atom. The summed E-state index contributed by atoms with van der Waals surface area (Å²) in [5.74, 6) is 1.19. The molecule has 38 heavy (non-hydrogen) atoms. The van der Waals surface area contributed by atoms with Crippen molar-refractivity contribution in [2.45, 2.75) is 24.2 Å². The van der Waals surface area contributed by atoms with Gasteiger partial charge in [-0.05, 0) is 29.3 Å². The van der Waals surface area contributed by atoms with Crippen molar-refractivity contribution < 1.29 is 22.6 Å². The summed E-state index contributed by atoms with van der Waals surface area (Å²) in [5, 5.41) is 0. The zero-order chi connectivity index (χ0) is 26.5. The molecule has 3 aliphatic rings. The number of para-hydroxylation sites is 1. The molecule has 1 saturated carbocycles. The van der Waals surface area contributed by atoms with Crippen LogP contribution in [0.4, 0.5) is 0 Å². The van der Waals surface area contributed by atoms with Crippen LogP contribution in [-0.4, -0.2) is 80.4 Å². The van der Waals surface area contributed by atoms with Crippen LogP contribution in [0.5, 0.6) is 0 Å². The third kappa shape index (κ3) is 4.14. The minimum atomic E-state index is -2.88. The molecule has 1 aliphatic heterocycles. The number of methoxy groups -OCH3 is 3. The van der Waals surface area contributed by atoms with Crippen molar-refractivity contribution in [3.05, 3.63) is 77.8 Å². The highest BCUT2D eigenvalue weighted by molar-refractivity contribution is 7.91. The van der Waals surface area contributed by atoms with Crippen molar-refractivity contribution >= 4 is 26.4 Å². The van der Waals surface area contributed by atoms with E-state index in [1.54, 1.807) is 27.5 Å². The Morgan fingerprint density at radius 1 is 1.00 bits per heavy atom. The summed E-state index contributed by atoms with van der Waals surface area (Å²) in [5.41, 5.74) is 5.28. The van der Waals surface area contributed by atoms with Gasteiger partial charge in [-0.3, -0.25) is 9.88 Å². The fourth-order valence-corrected chi connectivity index (χ4v) is 6.99. The minimum Gasteiger partial charge on any atom is -0.498 e. The summed E-state index contributed by atoms with van der Waals surface area (Å²) < 4.78 is 40.9. The first-order chi connectivity index (χ1) is 18.3. The number of hydrogen-bond acceptors (Lipinski definition) is 8. The van der Waals surface area contributed by atoms with Gasteiger partial charge in [-0.25, -0.2) is 13.4 Å². The van der Waals surface area contributed by atoms with E-state index < -0.39 is 21.0 Å². The second-order valence-electron chi connectivity index (χ2n) is 10.2. The van der Waals surface area contributed by atoms with Gasteiger partial charge in [0.25, 0.3) is 0 Å². The van der Waals surface area contributed by atoms with E-state index in [2.05, 4.69) is 41.3 Å². The summed E-state index contributed by atoms with van der Waals surface area (Å²) in [6.07, 6.45) is 6.50. The lowest BCUT2D eigenvalue weighted by atomic mass is 9.97. The number of benzene rings is 2. The van der Waals surface area contributed by atoms with Crippen LogP contribution in [0.3, 0.4) is 0 Å². The van der Waals surface area contributed by atoms with Crippen LogP contribution in [0.1, 0.15) is 17.7 Å². The van der Waals surface area contributed by atoms with Gasteiger partial charge in [0.15, 0.2) is 15.4 Å². The molecule has 2 atom stereocenters. The molecule has 1 saturated heterocycles. The first-order valence-electron chi connectivity index (χ1n) is 12.7. The van der Waals surface area contributed by atoms with Gasteiger partial charge in [0.1, 0.15) is 11.4 Å². The second-order valence-corrected chi connectivity index (χ2v) is 12.5. The lowest BCUT2D eigenvalue weighted by molar-refractivity contribution is -0.0187. The average Bonchev–Trinajstić information content (AvgIpc) is 3.63. The summed E-state index contributed by atoms with van der Waals surface area (Å²) in [4.78, 5) is 12.0. The molecule has 6 rings (SSSR count). The summed E-state index contributed by atoms with van der Waals surface area (Å²) >= 11 is 0. The molecule has 2 aromatic carbocycles. The van der Waals surface area contributed by atoms with Crippen molar-refractivity contribution in [2.24, 2.45) is 0 Å².